The Morgan fingerprint density at radius 2 is 1.55 bits per heavy atom. The maximum Gasteiger partial charge on any atom is 0.242 e. The standard InChI is InChI=1S/C12H22N2.C12H16.C8H9F.C4H8.C3H6F2/c1-5-9-10(6-2)11(7-3)14-12(13)8-4;1-10(12-8-5-9-12)11-6-3-2-4-7-11;1-6-3-4-7(2)8(9)5-6;1-4(2)3;1-3(2,4)5/h6H,2,5,7-9H2,1,3-4H3,(H2,13,14);2-4,6-7,10,12H,5,8-9H2,1H3;3-5H,1-2H3;1H2,2-3H3;1-2H3/b11-10+;;;;. The van der Waals surface area contributed by atoms with E-state index in [0.717, 1.165) is 62.6 Å². The second kappa shape index (κ2) is 24.3. The molecule has 0 aromatic heterocycles. The van der Waals surface area contributed by atoms with Crippen molar-refractivity contribution in [3.63, 3.8) is 0 Å². The van der Waals surface area contributed by atoms with Crippen LogP contribution in [-0.4, -0.2) is 11.8 Å². The number of amidine groups is 1. The van der Waals surface area contributed by atoms with Gasteiger partial charge in [-0.15, -0.1) is 6.58 Å². The molecule has 2 aromatic carbocycles. The van der Waals surface area contributed by atoms with E-state index in [4.69, 9.17) is 5.73 Å². The molecule has 248 valence electrons. The molecule has 2 nitrogen and oxygen atoms in total. The molecule has 0 bridgehead atoms. The smallest absolute Gasteiger partial charge is 0.242 e. The highest BCUT2D eigenvalue weighted by Gasteiger charge is 2.24. The monoisotopic (exact) mass is 614 g/mol. The summed E-state index contributed by atoms with van der Waals surface area (Å²) in [7, 11) is 0. The molecule has 2 N–H and O–H groups in total. The van der Waals surface area contributed by atoms with Crippen LogP contribution in [0.15, 0.2) is 89.6 Å². The van der Waals surface area contributed by atoms with Gasteiger partial charge in [-0.2, -0.15) is 0 Å². The summed E-state index contributed by atoms with van der Waals surface area (Å²) in [6, 6.07) is 16.1. The fraction of sp³-hybridized carbons (Fsp3) is 0.513. The lowest BCUT2D eigenvalue weighted by Gasteiger charge is -2.31. The molecular weight excluding hydrogens is 553 g/mol. The maximum atomic E-state index is 12.6. The van der Waals surface area contributed by atoms with Crippen molar-refractivity contribution in [2.45, 2.75) is 126 Å². The van der Waals surface area contributed by atoms with Crippen LogP contribution in [0.1, 0.15) is 123 Å². The van der Waals surface area contributed by atoms with Gasteiger partial charge < -0.3 is 5.73 Å². The second-order valence-corrected chi connectivity index (χ2v) is 11.9. The van der Waals surface area contributed by atoms with Gasteiger partial charge in [-0.3, -0.25) is 0 Å². The van der Waals surface area contributed by atoms with Crippen molar-refractivity contribution in [2.75, 3.05) is 0 Å². The third-order valence-corrected chi connectivity index (χ3v) is 6.62. The van der Waals surface area contributed by atoms with Gasteiger partial charge in [-0.05, 0) is 107 Å². The summed E-state index contributed by atoms with van der Waals surface area (Å²) >= 11 is 0. The first kappa shape index (κ1) is 43.0. The molecule has 0 radical (unpaired) electrons. The molecule has 1 fully saturated rings. The van der Waals surface area contributed by atoms with E-state index in [2.05, 4.69) is 69.3 Å². The van der Waals surface area contributed by atoms with E-state index in [1.54, 1.807) is 13.0 Å². The molecule has 1 atom stereocenters. The van der Waals surface area contributed by atoms with Crippen molar-refractivity contribution in [1.29, 1.82) is 0 Å². The van der Waals surface area contributed by atoms with Crippen LogP contribution in [0.3, 0.4) is 0 Å². The van der Waals surface area contributed by atoms with E-state index >= 15 is 0 Å². The highest BCUT2D eigenvalue weighted by atomic mass is 19.3. The van der Waals surface area contributed by atoms with Crippen molar-refractivity contribution < 1.29 is 13.2 Å². The van der Waals surface area contributed by atoms with Crippen LogP contribution in [0, 0.1) is 25.6 Å². The molecule has 1 saturated carbocycles. The Morgan fingerprint density at radius 1 is 1.02 bits per heavy atom. The van der Waals surface area contributed by atoms with E-state index in [9.17, 15) is 13.2 Å². The number of aryl methyl sites for hydroxylation is 2. The quantitative estimate of drug-likeness (QED) is 0.137. The normalized spacial score (nSPS) is 13.8. The predicted molar refractivity (Wildman–Crippen MR) is 189 cm³/mol. The van der Waals surface area contributed by atoms with E-state index in [1.165, 1.54) is 42.0 Å². The van der Waals surface area contributed by atoms with Gasteiger partial charge in [-0.25, -0.2) is 18.2 Å². The summed E-state index contributed by atoms with van der Waals surface area (Å²) in [5, 5.41) is 0. The van der Waals surface area contributed by atoms with Crippen LogP contribution in [0.2, 0.25) is 0 Å². The van der Waals surface area contributed by atoms with E-state index in [0.29, 0.717) is 11.4 Å². The molecule has 2 aromatic rings. The second-order valence-electron chi connectivity index (χ2n) is 11.9. The first-order valence-electron chi connectivity index (χ1n) is 15.9. The van der Waals surface area contributed by atoms with Gasteiger partial charge >= 0.3 is 0 Å². The van der Waals surface area contributed by atoms with Crippen LogP contribution in [0.25, 0.3) is 0 Å². The Labute approximate surface area is 268 Å². The van der Waals surface area contributed by atoms with Crippen LogP contribution in [0.4, 0.5) is 13.2 Å². The van der Waals surface area contributed by atoms with E-state index in [-0.39, 0.29) is 5.82 Å². The molecule has 5 heteroatoms. The summed E-state index contributed by atoms with van der Waals surface area (Å²) in [6.07, 6.45) is 10.1. The Balaban J connectivity index is 0. The number of halogens is 3. The zero-order chi connectivity index (χ0) is 34.3. The van der Waals surface area contributed by atoms with Crippen LogP contribution < -0.4 is 5.73 Å². The Hall–Kier alpha value is -3.08. The zero-order valence-corrected chi connectivity index (χ0v) is 29.4. The lowest BCUT2D eigenvalue weighted by Crippen LogP contribution is -2.17. The number of benzene rings is 2. The minimum absolute atomic E-state index is 0.116. The number of rotatable bonds is 8. The molecule has 0 saturated heterocycles. The van der Waals surface area contributed by atoms with Crippen LogP contribution in [-0.2, 0) is 0 Å². The number of hydrogen-bond acceptors (Lipinski definition) is 1. The molecule has 0 heterocycles. The van der Waals surface area contributed by atoms with Crippen molar-refractivity contribution in [1.82, 2.24) is 0 Å². The van der Waals surface area contributed by atoms with Crippen molar-refractivity contribution in [3.8, 4) is 0 Å². The van der Waals surface area contributed by atoms with E-state index < -0.39 is 5.92 Å². The Morgan fingerprint density at radius 3 is 1.89 bits per heavy atom. The lowest BCUT2D eigenvalue weighted by molar-refractivity contribution is 0.0437. The van der Waals surface area contributed by atoms with Gasteiger partial charge in [0, 0.05) is 12.1 Å². The number of nitrogens with two attached hydrogens (primary N) is 1. The lowest BCUT2D eigenvalue weighted by atomic mass is 9.74. The average Bonchev–Trinajstić information content (AvgIpc) is 2.91. The van der Waals surface area contributed by atoms with Gasteiger partial charge in [0.25, 0.3) is 0 Å². The van der Waals surface area contributed by atoms with E-state index in [1.807, 2.05) is 39.8 Å². The fourth-order valence-corrected chi connectivity index (χ4v) is 3.93. The Kier molecular flexibility index (Phi) is 23.7. The molecule has 1 unspecified atom stereocenters. The minimum Gasteiger partial charge on any atom is -0.387 e. The number of aliphatic imine (C=N–C) groups is 1. The fourth-order valence-electron chi connectivity index (χ4n) is 3.93. The highest BCUT2D eigenvalue weighted by Crippen LogP contribution is 2.38. The summed E-state index contributed by atoms with van der Waals surface area (Å²) in [6.45, 7) is 25.3. The summed E-state index contributed by atoms with van der Waals surface area (Å²) in [4.78, 5) is 4.41. The van der Waals surface area contributed by atoms with Gasteiger partial charge in [-0.1, -0.05) is 101 Å². The molecule has 0 spiro atoms. The third-order valence-electron chi connectivity index (χ3n) is 6.62. The van der Waals surface area contributed by atoms with Crippen molar-refractivity contribution in [2.24, 2.45) is 16.6 Å². The predicted octanol–water partition coefficient (Wildman–Crippen LogP) is 12.7. The summed E-state index contributed by atoms with van der Waals surface area (Å²) in [5.41, 5.74) is 12.4. The number of alkyl halides is 2. The molecule has 0 aliphatic heterocycles. The summed E-state index contributed by atoms with van der Waals surface area (Å²) in [5.74, 6) is -0.167. The van der Waals surface area contributed by atoms with Gasteiger partial charge in [0.1, 0.15) is 5.82 Å². The largest absolute Gasteiger partial charge is 0.387 e. The van der Waals surface area contributed by atoms with Crippen LogP contribution in [0.5, 0.6) is 0 Å². The molecule has 3 rings (SSSR count). The third kappa shape index (κ3) is 23.4. The van der Waals surface area contributed by atoms with Gasteiger partial charge in [0.2, 0.25) is 5.92 Å². The minimum atomic E-state index is -2.50. The number of hydrogen-bond donors (Lipinski definition) is 1. The zero-order valence-electron chi connectivity index (χ0n) is 29.4. The average molecular weight is 615 g/mol. The van der Waals surface area contributed by atoms with Gasteiger partial charge in [0.15, 0.2) is 0 Å². The maximum absolute atomic E-state index is 12.6. The molecular formula is C39H61F3N2. The molecule has 0 amide bonds. The first-order valence-corrected chi connectivity index (χ1v) is 15.9. The molecule has 1 aliphatic rings. The Bertz CT molecular complexity index is 1110. The molecule has 1 aliphatic carbocycles. The van der Waals surface area contributed by atoms with Crippen LogP contribution >= 0.6 is 0 Å². The first-order chi connectivity index (χ1) is 20.5. The number of nitrogens with zero attached hydrogens (tertiary/aromatic N) is 1. The highest BCUT2D eigenvalue weighted by molar-refractivity contribution is 5.81. The SMILES string of the molecule is C=C(C)C.C=C/C(CCC)=C(/CC)N=C(N)CC.CC(C)(F)F.CC(c1ccccc1)C1CCC1.Cc1ccc(C)c(F)c1. The number of allylic oxidation sites excluding steroid dienone is 4. The van der Waals surface area contributed by atoms with Gasteiger partial charge in [0.05, 0.1) is 5.84 Å². The van der Waals surface area contributed by atoms with Crippen molar-refractivity contribution >= 4 is 5.84 Å². The summed E-state index contributed by atoms with van der Waals surface area (Å²) < 4.78 is 34.6. The topological polar surface area (TPSA) is 38.4 Å². The van der Waals surface area contributed by atoms with Crippen molar-refractivity contribution in [3.05, 3.63) is 107 Å². The molecule has 44 heavy (non-hydrogen) atoms.